The van der Waals surface area contributed by atoms with Crippen molar-refractivity contribution in [1.29, 1.82) is 0 Å². The predicted molar refractivity (Wildman–Crippen MR) is 101 cm³/mol. The molecule has 3 rings (SSSR count). The monoisotopic (exact) mass is 386 g/mol. The molecule has 0 radical (unpaired) electrons. The molecule has 0 unspecified atom stereocenters. The van der Waals surface area contributed by atoms with Gasteiger partial charge in [0.1, 0.15) is 5.01 Å². The molecule has 9 heteroatoms. The van der Waals surface area contributed by atoms with Gasteiger partial charge in [-0.2, -0.15) is 5.10 Å². The first-order valence-electron chi connectivity index (χ1n) is 8.32. The maximum Gasteiger partial charge on any atom is 0.355 e. The van der Waals surface area contributed by atoms with Crippen LogP contribution < -0.4 is 10.9 Å². The molecule has 8 nitrogen and oxygen atoms in total. The van der Waals surface area contributed by atoms with Gasteiger partial charge in [-0.25, -0.2) is 14.5 Å². The van der Waals surface area contributed by atoms with E-state index in [0.717, 1.165) is 11.3 Å². The van der Waals surface area contributed by atoms with Gasteiger partial charge < -0.3 is 10.4 Å². The second-order valence-electron chi connectivity index (χ2n) is 6.39. The number of fused-ring (bicyclic) bond motifs is 1. The number of carboxylic acid groups (broad SMARTS) is 1. The predicted octanol–water partition coefficient (Wildman–Crippen LogP) is 2.14. The van der Waals surface area contributed by atoms with Crippen LogP contribution in [0.2, 0.25) is 0 Å². The SMILES string of the molecule is CC(C)Cn1nc(C(=O)NCc2nc(C(=O)O)cs2)c2ccccc2c1=O. The molecule has 1 amide bonds. The molecule has 0 aliphatic carbocycles. The number of aromatic carboxylic acids is 1. The molecule has 0 atom stereocenters. The molecule has 2 heterocycles. The molecule has 0 fully saturated rings. The smallest absolute Gasteiger partial charge is 0.355 e. The van der Waals surface area contributed by atoms with E-state index in [1.54, 1.807) is 24.3 Å². The summed E-state index contributed by atoms with van der Waals surface area (Å²) in [6, 6.07) is 6.85. The van der Waals surface area contributed by atoms with E-state index in [-0.39, 0.29) is 29.4 Å². The van der Waals surface area contributed by atoms with Gasteiger partial charge in [0.25, 0.3) is 11.5 Å². The summed E-state index contributed by atoms with van der Waals surface area (Å²) in [5.41, 5.74) is -0.138. The minimum Gasteiger partial charge on any atom is -0.476 e. The highest BCUT2D eigenvalue weighted by Gasteiger charge is 2.17. The number of carbonyl (C=O) groups excluding carboxylic acids is 1. The third kappa shape index (κ3) is 4.03. The largest absolute Gasteiger partial charge is 0.476 e. The summed E-state index contributed by atoms with van der Waals surface area (Å²) < 4.78 is 1.31. The second kappa shape index (κ2) is 7.67. The summed E-state index contributed by atoms with van der Waals surface area (Å²) >= 11 is 1.15. The summed E-state index contributed by atoms with van der Waals surface area (Å²) in [5, 5.41) is 18.7. The molecule has 140 valence electrons. The Kier molecular flexibility index (Phi) is 5.31. The number of carboxylic acids is 1. The van der Waals surface area contributed by atoms with E-state index in [2.05, 4.69) is 15.4 Å². The number of benzene rings is 1. The van der Waals surface area contributed by atoms with Crippen LogP contribution in [-0.2, 0) is 13.1 Å². The lowest BCUT2D eigenvalue weighted by molar-refractivity contribution is 0.0691. The van der Waals surface area contributed by atoms with Crippen LogP contribution in [0.5, 0.6) is 0 Å². The lowest BCUT2D eigenvalue weighted by atomic mass is 10.1. The van der Waals surface area contributed by atoms with Gasteiger partial charge in [0.15, 0.2) is 11.4 Å². The maximum absolute atomic E-state index is 12.7. The van der Waals surface area contributed by atoms with Crippen molar-refractivity contribution in [2.45, 2.75) is 26.9 Å². The van der Waals surface area contributed by atoms with E-state index in [9.17, 15) is 14.4 Å². The average Bonchev–Trinajstić information content (AvgIpc) is 3.11. The number of nitrogens with one attached hydrogen (secondary N) is 1. The molecule has 1 aromatic carbocycles. The van der Waals surface area contributed by atoms with Crippen LogP contribution >= 0.6 is 11.3 Å². The van der Waals surface area contributed by atoms with Crippen LogP contribution in [0.15, 0.2) is 34.4 Å². The standard InChI is InChI=1S/C18H18N4O4S/c1-10(2)8-22-17(24)12-6-4-3-5-11(12)15(21-22)16(23)19-7-14-20-13(9-27-14)18(25)26/h3-6,9-10H,7-8H2,1-2H3,(H,19,23)(H,25,26). The van der Waals surface area contributed by atoms with E-state index >= 15 is 0 Å². The zero-order valence-corrected chi connectivity index (χ0v) is 15.6. The van der Waals surface area contributed by atoms with Crippen molar-refractivity contribution in [3.8, 4) is 0 Å². The summed E-state index contributed by atoms with van der Waals surface area (Å²) in [7, 11) is 0. The van der Waals surface area contributed by atoms with E-state index < -0.39 is 11.9 Å². The molecule has 0 saturated heterocycles. The van der Waals surface area contributed by atoms with Crippen molar-refractivity contribution in [3.63, 3.8) is 0 Å². The number of aromatic nitrogens is 3. The van der Waals surface area contributed by atoms with Crippen molar-refractivity contribution in [2.24, 2.45) is 5.92 Å². The summed E-state index contributed by atoms with van der Waals surface area (Å²) in [6.45, 7) is 4.41. The van der Waals surface area contributed by atoms with Crippen LogP contribution in [0.25, 0.3) is 10.8 Å². The average molecular weight is 386 g/mol. The molecular weight excluding hydrogens is 368 g/mol. The molecule has 0 bridgehead atoms. The zero-order chi connectivity index (χ0) is 19.6. The Bertz CT molecular complexity index is 1070. The van der Waals surface area contributed by atoms with Gasteiger partial charge >= 0.3 is 5.97 Å². The Balaban J connectivity index is 1.91. The van der Waals surface area contributed by atoms with Crippen LogP contribution in [0.3, 0.4) is 0 Å². The van der Waals surface area contributed by atoms with Crippen molar-refractivity contribution in [2.75, 3.05) is 0 Å². The molecular formula is C18H18N4O4S. The van der Waals surface area contributed by atoms with Crippen molar-refractivity contribution >= 4 is 34.0 Å². The minimum absolute atomic E-state index is 0.0571. The Hall–Kier alpha value is -3.07. The number of hydrogen-bond donors (Lipinski definition) is 2. The first kappa shape index (κ1) is 18.7. The fourth-order valence-corrected chi connectivity index (χ4v) is 3.31. The van der Waals surface area contributed by atoms with E-state index in [0.29, 0.717) is 22.3 Å². The number of carbonyl (C=O) groups is 2. The lowest BCUT2D eigenvalue weighted by Gasteiger charge is -2.12. The van der Waals surface area contributed by atoms with Crippen LogP contribution in [0.4, 0.5) is 0 Å². The number of hydrogen-bond acceptors (Lipinski definition) is 6. The van der Waals surface area contributed by atoms with Gasteiger partial charge in [0, 0.05) is 17.3 Å². The maximum atomic E-state index is 12.7. The van der Waals surface area contributed by atoms with Gasteiger partial charge in [0.05, 0.1) is 11.9 Å². The zero-order valence-electron chi connectivity index (χ0n) is 14.8. The topological polar surface area (TPSA) is 114 Å². The van der Waals surface area contributed by atoms with Gasteiger partial charge in [-0.3, -0.25) is 9.59 Å². The van der Waals surface area contributed by atoms with Crippen LogP contribution in [-0.4, -0.2) is 31.7 Å². The number of amides is 1. The van der Waals surface area contributed by atoms with Crippen molar-refractivity contribution in [1.82, 2.24) is 20.1 Å². The first-order chi connectivity index (χ1) is 12.9. The van der Waals surface area contributed by atoms with Crippen LogP contribution in [0.1, 0.15) is 39.8 Å². The third-order valence-electron chi connectivity index (χ3n) is 3.79. The van der Waals surface area contributed by atoms with E-state index in [1.165, 1.54) is 10.1 Å². The van der Waals surface area contributed by atoms with Crippen molar-refractivity contribution < 1.29 is 14.7 Å². The Morgan fingerprint density at radius 2 is 1.96 bits per heavy atom. The van der Waals surface area contributed by atoms with E-state index in [1.807, 2.05) is 13.8 Å². The summed E-state index contributed by atoms with van der Waals surface area (Å²) in [5.74, 6) is -1.37. The van der Waals surface area contributed by atoms with Crippen molar-refractivity contribution in [3.05, 3.63) is 56.4 Å². The summed E-state index contributed by atoms with van der Waals surface area (Å²) in [6.07, 6.45) is 0. The molecule has 0 spiro atoms. The van der Waals surface area contributed by atoms with E-state index in [4.69, 9.17) is 5.11 Å². The van der Waals surface area contributed by atoms with Crippen LogP contribution in [0, 0.1) is 5.92 Å². The Morgan fingerprint density at radius 1 is 1.26 bits per heavy atom. The molecule has 27 heavy (non-hydrogen) atoms. The highest BCUT2D eigenvalue weighted by molar-refractivity contribution is 7.09. The lowest BCUT2D eigenvalue weighted by Crippen LogP contribution is -2.31. The molecule has 3 aromatic rings. The molecule has 2 aromatic heterocycles. The Labute approximate surface area is 158 Å². The number of rotatable bonds is 6. The van der Waals surface area contributed by atoms with Gasteiger partial charge in [-0.05, 0) is 12.0 Å². The molecule has 2 N–H and O–H groups in total. The number of nitrogens with zero attached hydrogens (tertiary/aromatic N) is 3. The highest BCUT2D eigenvalue weighted by Crippen LogP contribution is 2.15. The normalized spacial score (nSPS) is 11.1. The van der Waals surface area contributed by atoms with Gasteiger partial charge in [-0.15, -0.1) is 11.3 Å². The van der Waals surface area contributed by atoms with Gasteiger partial charge in [-0.1, -0.05) is 32.0 Å². The highest BCUT2D eigenvalue weighted by atomic mass is 32.1. The molecule has 0 aliphatic rings. The summed E-state index contributed by atoms with van der Waals surface area (Å²) in [4.78, 5) is 40.1. The van der Waals surface area contributed by atoms with Gasteiger partial charge in [0.2, 0.25) is 0 Å². The minimum atomic E-state index is -1.11. The fraction of sp³-hybridized carbons (Fsp3) is 0.278. The first-order valence-corrected chi connectivity index (χ1v) is 9.20. The third-order valence-corrected chi connectivity index (χ3v) is 4.64. The molecule has 0 saturated carbocycles. The molecule has 0 aliphatic heterocycles. The number of thiazole rings is 1. The quantitative estimate of drug-likeness (QED) is 0.671. The Morgan fingerprint density at radius 3 is 2.59 bits per heavy atom. The fourth-order valence-electron chi connectivity index (χ4n) is 2.60. The second-order valence-corrected chi connectivity index (χ2v) is 7.33.